The van der Waals surface area contributed by atoms with Crippen molar-refractivity contribution >= 4 is 12.2 Å². The minimum absolute atomic E-state index is 0. The van der Waals surface area contributed by atoms with Gasteiger partial charge in [-0.25, -0.2) is 4.79 Å². The summed E-state index contributed by atoms with van der Waals surface area (Å²) in [7, 11) is 0. The van der Waals surface area contributed by atoms with Gasteiger partial charge in [-0.3, -0.25) is 0 Å². The summed E-state index contributed by atoms with van der Waals surface area (Å²) >= 11 is 0. The smallest absolute Gasteiger partial charge is 0.146 e. The second kappa shape index (κ2) is 4.66. The lowest BCUT2D eigenvalue weighted by atomic mass is 9.98. The van der Waals surface area contributed by atoms with Crippen molar-refractivity contribution in [3.8, 4) is 0 Å². The van der Waals surface area contributed by atoms with E-state index in [-0.39, 0.29) is 11.4 Å². The fraction of sp³-hybridized carbons (Fsp3) is 0.571. The lowest BCUT2D eigenvalue weighted by molar-refractivity contribution is -0.110. The van der Waals surface area contributed by atoms with E-state index in [0.717, 1.165) is 25.7 Å². The van der Waals surface area contributed by atoms with Gasteiger partial charge in [-0.05, 0) is 12.8 Å². The zero-order valence-electron chi connectivity index (χ0n) is 6.09. The number of carbonyl (C=O) groups is 1. The van der Waals surface area contributed by atoms with Gasteiger partial charge in [0.2, 0.25) is 0 Å². The number of rotatable bonds is 1. The van der Waals surface area contributed by atoms with Crippen LogP contribution < -0.4 is 5.32 Å². The molecule has 3 N–H and O–H groups in total. The summed E-state index contributed by atoms with van der Waals surface area (Å²) in [5, 5.41) is 2.83. The van der Waals surface area contributed by atoms with Gasteiger partial charge in [0, 0.05) is 6.54 Å². The highest BCUT2D eigenvalue weighted by atomic mass is 16.1. The third-order valence-electron chi connectivity index (χ3n) is 1.65. The van der Waals surface area contributed by atoms with E-state index in [0.29, 0.717) is 5.70 Å². The van der Waals surface area contributed by atoms with Gasteiger partial charge in [0.1, 0.15) is 17.9 Å². The first kappa shape index (κ1) is 9.88. The quantitative estimate of drug-likeness (QED) is 0.395. The molecule has 1 saturated heterocycles. The molecule has 11 heavy (non-hydrogen) atoms. The summed E-state index contributed by atoms with van der Waals surface area (Å²) in [6.45, 7) is 0.787. The second-order valence-electron chi connectivity index (χ2n) is 2.33. The Bertz CT molecular complexity index is 184. The molecule has 0 aromatic carbocycles. The number of nitrogens with one attached hydrogen (secondary N) is 1. The van der Waals surface area contributed by atoms with E-state index in [1.165, 1.54) is 0 Å². The van der Waals surface area contributed by atoms with Gasteiger partial charge < -0.3 is 15.6 Å². The van der Waals surface area contributed by atoms with Crippen molar-refractivity contribution in [3.63, 3.8) is 0 Å². The van der Waals surface area contributed by atoms with Crippen LogP contribution in [0.4, 0.5) is 0 Å². The highest BCUT2D eigenvalue weighted by molar-refractivity contribution is 5.67. The van der Waals surface area contributed by atoms with Crippen LogP contribution in [0.15, 0.2) is 5.70 Å². The molecule has 62 valence electrons. The molecule has 4 heteroatoms. The van der Waals surface area contributed by atoms with Crippen LogP contribution in [0.25, 0.3) is 0 Å². The van der Waals surface area contributed by atoms with Crippen molar-refractivity contribution in [1.82, 2.24) is 5.32 Å². The number of hydrogen-bond donors (Lipinski definition) is 1. The number of allylic oxidation sites excluding steroid dienone is 1. The van der Waals surface area contributed by atoms with E-state index in [1.54, 1.807) is 5.94 Å². The Labute approximate surface area is 64.6 Å². The molecule has 0 aromatic rings. The van der Waals surface area contributed by atoms with Gasteiger partial charge in [0.05, 0.1) is 5.92 Å². The Morgan fingerprint density at radius 2 is 2.36 bits per heavy atom. The van der Waals surface area contributed by atoms with Gasteiger partial charge in [0.15, 0.2) is 0 Å². The lowest BCUT2D eigenvalue weighted by Gasteiger charge is -2.18. The van der Waals surface area contributed by atoms with Crippen molar-refractivity contribution < 1.29 is 15.1 Å². The predicted molar refractivity (Wildman–Crippen MR) is 39.6 cm³/mol. The van der Waals surface area contributed by atoms with Gasteiger partial charge in [-0.2, -0.15) is 0 Å². The molecular formula is C7H11NO3. The van der Waals surface area contributed by atoms with Crippen molar-refractivity contribution in [2.75, 3.05) is 6.54 Å². The Balaban J connectivity index is 0.000001000. The van der Waals surface area contributed by atoms with E-state index in [2.05, 4.69) is 5.32 Å². The van der Waals surface area contributed by atoms with Crippen LogP contribution in [-0.2, 0) is 9.59 Å². The fourth-order valence-electron chi connectivity index (χ4n) is 1.07. The van der Waals surface area contributed by atoms with Gasteiger partial charge in [0.25, 0.3) is 0 Å². The molecule has 1 atom stereocenters. The molecule has 0 amide bonds. The molecule has 0 aliphatic carbocycles. The second-order valence-corrected chi connectivity index (χ2v) is 2.33. The van der Waals surface area contributed by atoms with Crippen molar-refractivity contribution in [3.05, 3.63) is 5.70 Å². The number of hydrogen-bond acceptors (Lipinski definition) is 3. The molecule has 0 bridgehead atoms. The standard InChI is InChI=1S/C7H9NO2.H2O/c9-4-6-2-1-3-8-7(6)5-10;/h4,6,8H,1-3H2;1H2. The molecule has 1 rings (SSSR count). The van der Waals surface area contributed by atoms with Crippen LogP contribution in [0.5, 0.6) is 0 Å². The van der Waals surface area contributed by atoms with Crippen molar-refractivity contribution in [2.24, 2.45) is 5.92 Å². The molecule has 1 heterocycles. The zero-order valence-corrected chi connectivity index (χ0v) is 6.09. The topological polar surface area (TPSA) is 77.7 Å². The first-order valence-electron chi connectivity index (χ1n) is 3.32. The summed E-state index contributed by atoms with van der Waals surface area (Å²) in [4.78, 5) is 20.4. The third kappa shape index (κ3) is 2.18. The molecule has 1 aliphatic rings. The summed E-state index contributed by atoms with van der Waals surface area (Å²) < 4.78 is 0. The van der Waals surface area contributed by atoms with Gasteiger partial charge >= 0.3 is 0 Å². The largest absolute Gasteiger partial charge is 0.412 e. The number of carbonyl (C=O) groups excluding carboxylic acids is 2. The molecule has 0 spiro atoms. The normalized spacial score (nSPS) is 22.5. The maximum atomic E-state index is 10.3. The molecule has 1 unspecified atom stereocenters. The Morgan fingerprint density at radius 3 is 2.82 bits per heavy atom. The Kier molecular flexibility index (Phi) is 4.18. The number of aldehydes is 1. The maximum absolute atomic E-state index is 10.3. The van der Waals surface area contributed by atoms with E-state index in [9.17, 15) is 9.59 Å². The third-order valence-corrected chi connectivity index (χ3v) is 1.65. The van der Waals surface area contributed by atoms with Crippen LogP contribution in [0.2, 0.25) is 0 Å². The van der Waals surface area contributed by atoms with E-state index in [1.807, 2.05) is 0 Å². The minimum atomic E-state index is -0.230. The van der Waals surface area contributed by atoms with Crippen molar-refractivity contribution in [1.29, 1.82) is 0 Å². The monoisotopic (exact) mass is 157 g/mol. The highest BCUT2D eigenvalue weighted by Gasteiger charge is 2.17. The van der Waals surface area contributed by atoms with E-state index >= 15 is 0 Å². The predicted octanol–water partition coefficient (Wildman–Crippen LogP) is -0.924. The molecule has 1 fully saturated rings. The maximum Gasteiger partial charge on any atom is 0.146 e. The van der Waals surface area contributed by atoms with Crippen molar-refractivity contribution in [2.45, 2.75) is 12.8 Å². The SMILES string of the molecule is O.O=C=C1NCCCC1C=O. The summed E-state index contributed by atoms with van der Waals surface area (Å²) in [5.41, 5.74) is 0.418. The lowest BCUT2D eigenvalue weighted by Crippen LogP contribution is -2.28. The average Bonchev–Trinajstić information content (AvgIpc) is 2.04. The molecule has 0 saturated carbocycles. The first-order chi connectivity index (χ1) is 4.88. The van der Waals surface area contributed by atoms with Crippen LogP contribution in [0, 0.1) is 5.92 Å². The summed E-state index contributed by atoms with van der Waals surface area (Å²) in [5.74, 6) is 1.50. The van der Waals surface area contributed by atoms with Gasteiger partial charge in [-0.1, -0.05) is 0 Å². The van der Waals surface area contributed by atoms with Crippen LogP contribution in [-0.4, -0.2) is 24.2 Å². The van der Waals surface area contributed by atoms with Crippen LogP contribution in [0.1, 0.15) is 12.8 Å². The van der Waals surface area contributed by atoms with Crippen LogP contribution in [0.3, 0.4) is 0 Å². The zero-order chi connectivity index (χ0) is 7.40. The Morgan fingerprint density at radius 1 is 1.64 bits per heavy atom. The fourth-order valence-corrected chi connectivity index (χ4v) is 1.07. The summed E-state index contributed by atoms with van der Waals surface area (Å²) in [6, 6.07) is 0. The highest BCUT2D eigenvalue weighted by Crippen LogP contribution is 2.14. The first-order valence-corrected chi connectivity index (χ1v) is 3.32. The number of piperidine rings is 1. The minimum Gasteiger partial charge on any atom is -0.412 e. The summed E-state index contributed by atoms with van der Waals surface area (Å²) in [6.07, 6.45) is 2.53. The molecule has 4 nitrogen and oxygen atoms in total. The molecular weight excluding hydrogens is 146 g/mol. The van der Waals surface area contributed by atoms with Gasteiger partial charge in [-0.15, -0.1) is 0 Å². The molecule has 0 aromatic heterocycles. The molecule has 1 aliphatic heterocycles. The average molecular weight is 157 g/mol. The Hall–Kier alpha value is -1.12. The van der Waals surface area contributed by atoms with E-state index in [4.69, 9.17) is 0 Å². The molecule has 0 radical (unpaired) electrons. The van der Waals surface area contributed by atoms with E-state index < -0.39 is 0 Å². The van der Waals surface area contributed by atoms with Crippen LogP contribution >= 0.6 is 0 Å².